The Morgan fingerprint density at radius 1 is 1.00 bits per heavy atom. The van der Waals surface area contributed by atoms with Gasteiger partial charge in [-0.3, -0.25) is 4.79 Å². The highest BCUT2D eigenvalue weighted by atomic mass is 35.5. The SMILES string of the molecule is O=c1cnc(-c2ccccc2)cn1Cc1ccc(Cl)cc1. The Labute approximate surface area is 127 Å². The van der Waals surface area contributed by atoms with Crippen LogP contribution in [0.15, 0.2) is 71.8 Å². The van der Waals surface area contributed by atoms with Crippen molar-refractivity contribution in [3.05, 3.63) is 87.9 Å². The molecule has 3 rings (SSSR count). The Morgan fingerprint density at radius 2 is 1.71 bits per heavy atom. The van der Waals surface area contributed by atoms with Crippen LogP contribution in [0.4, 0.5) is 0 Å². The van der Waals surface area contributed by atoms with Gasteiger partial charge >= 0.3 is 0 Å². The third-order valence-corrected chi connectivity index (χ3v) is 3.46. The second-order valence-corrected chi connectivity index (χ2v) is 5.17. The maximum Gasteiger partial charge on any atom is 0.269 e. The van der Waals surface area contributed by atoms with Gasteiger partial charge in [0.15, 0.2) is 0 Å². The van der Waals surface area contributed by atoms with Gasteiger partial charge in [0.25, 0.3) is 5.56 Å². The summed E-state index contributed by atoms with van der Waals surface area (Å²) in [6, 6.07) is 17.3. The molecule has 104 valence electrons. The van der Waals surface area contributed by atoms with Gasteiger partial charge in [0.2, 0.25) is 0 Å². The Hall–Kier alpha value is -2.39. The quantitative estimate of drug-likeness (QED) is 0.740. The van der Waals surface area contributed by atoms with Gasteiger partial charge in [-0.15, -0.1) is 0 Å². The topological polar surface area (TPSA) is 34.9 Å². The minimum Gasteiger partial charge on any atom is -0.308 e. The van der Waals surface area contributed by atoms with Crippen molar-refractivity contribution in [2.75, 3.05) is 0 Å². The second kappa shape index (κ2) is 5.94. The number of benzene rings is 2. The normalized spacial score (nSPS) is 10.5. The van der Waals surface area contributed by atoms with Gasteiger partial charge in [0, 0.05) is 16.8 Å². The average Bonchev–Trinajstić information content (AvgIpc) is 2.52. The molecule has 0 atom stereocenters. The van der Waals surface area contributed by atoms with E-state index in [9.17, 15) is 4.79 Å². The molecule has 3 nitrogen and oxygen atoms in total. The van der Waals surface area contributed by atoms with Gasteiger partial charge in [-0.25, -0.2) is 4.98 Å². The van der Waals surface area contributed by atoms with E-state index >= 15 is 0 Å². The minimum absolute atomic E-state index is 0.121. The fourth-order valence-corrected chi connectivity index (χ4v) is 2.24. The standard InChI is InChI=1S/C17H13ClN2O/c18-15-8-6-13(7-9-15)11-20-12-16(19-10-17(20)21)14-4-2-1-3-5-14/h1-10,12H,11H2. The van der Waals surface area contributed by atoms with Crippen LogP contribution < -0.4 is 5.56 Å². The molecule has 0 saturated carbocycles. The number of halogens is 1. The maximum atomic E-state index is 11.9. The fraction of sp³-hybridized carbons (Fsp3) is 0.0588. The number of aromatic nitrogens is 2. The van der Waals surface area contributed by atoms with Crippen LogP contribution in [-0.2, 0) is 6.54 Å². The lowest BCUT2D eigenvalue weighted by Gasteiger charge is -2.08. The van der Waals surface area contributed by atoms with Crippen molar-refractivity contribution in [3.63, 3.8) is 0 Å². The number of hydrogen-bond acceptors (Lipinski definition) is 2. The van der Waals surface area contributed by atoms with E-state index in [0.717, 1.165) is 16.8 Å². The molecular formula is C17H13ClN2O. The fourth-order valence-electron chi connectivity index (χ4n) is 2.11. The molecule has 0 fully saturated rings. The first-order valence-electron chi connectivity index (χ1n) is 6.59. The third-order valence-electron chi connectivity index (χ3n) is 3.21. The summed E-state index contributed by atoms with van der Waals surface area (Å²) in [6.07, 6.45) is 3.14. The summed E-state index contributed by atoms with van der Waals surface area (Å²) >= 11 is 5.87. The van der Waals surface area contributed by atoms with Gasteiger partial charge in [-0.1, -0.05) is 54.1 Å². The molecule has 0 spiro atoms. The van der Waals surface area contributed by atoms with Crippen molar-refractivity contribution in [3.8, 4) is 11.3 Å². The van der Waals surface area contributed by atoms with E-state index < -0.39 is 0 Å². The molecule has 0 amide bonds. The van der Waals surface area contributed by atoms with Crippen LogP contribution in [0.1, 0.15) is 5.56 Å². The highest BCUT2D eigenvalue weighted by Gasteiger charge is 2.03. The molecule has 0 saturated heterocycles. The lowest BCUT2D eigenvalue weighted by Crippen LogP contribution is -2.20. The number of hydrogen-bond donors (Lipinski definition) is 0. The monoisotopic (exact) mass is 296 g/mol. The smallest absolute Gasteiger partial charge is 0.269 e. The van der Waals surface area contributed by atoms with Crippen molar-refractivity contribution in [2.45, 2.75) is 6.54 Å². The van der Waals surface area contributed by atoms with Crippen molar-refractivity contribution in [1.82, 2.24) is 9.55 Å². The average molecular weight is 297 g/mol. The Morgan fingerprint density at radius 3 is 2.43 bits per heavy atom. The first-order valence-corrected chi connectivity index (χ1v) is 6.96. The molecule has 2 aromatic carbocycles. The molecule has 4 heteroatoms. The summed E-state index contributed by atoms with van der Waals surface area (Å²) in [5.41, 5.74) is 2.67. The van der Waals surface area contributed by atoms with Crippen molar-refractivity contribution in [2.24, 2.45) is 0 Å². The Balaban J connectivity index is 1.95. The van der Waals surface area contributed by atoms with E-state index in [2.05, 4.69) is 4.98 Å². The van der Waals surface area contributed by atoms with Crippen LogP contribution in [0.5, 0.6) is 0 Å². The van der Waals surface area contributed by atoms with Crippen molar-refractivity contribution >= 4 is 11.6 Å². The van der Waals surface area contributed by atoms with Crippen LogP contribution in [0.25, 0.3) is 11.3 Å². The molecule has 1 heterocycles. The summed E-state index contributed by atoms with van der Waals surface area (Å²) < 4.78 is 1.65. The van der Waals surface area contributed by atoms with E-state index in [1.54, 1.807) is 10.8 Å². The summed E-state index contributed by atoms with van der Waals surface area (Å²) in [6.45, 7) is 0.498. The van der Waals surface area contributed by atoms with Gasteiger partial charge in [-0.2, -0.15) is 0 Å². The number of nitrogens with zero attached hydrogens (tertiary/aromatic N) is 2. The lowest BCUT2D eigenvalue weighted by molar-refractivity contribution is 0.750. The van der Waals surface area contributed by atoms with Gasteiger partial charge in [0.1, 0.15) is 0 Å². The van der Waals surface area contributed by atoms with E-state index in [0.29, 0.717) is 11.6 Å². The predicted octanol–water partition coefficient (Wildman–Crippen LogP) is 3.61. The summed E-state index contributed by atoms with van der Waals surface area (Å²) in [4.78, 5) is 16.2. The Bertz CT molecular complexity index is 795. The molecule has 3 aromatic rings. The molecule has 1 aromatic heterocycles. The van der Waals surface area contributed by atoms with Gasteiger partial charge < -0.3 is 4.57 Å². The van der Waals surface area contributed by atoms with E-state index in [4.69, 9.17) is 11.6 Å². The molecule has 0 aliphatic carbocycles. The molecule has 0 aliphatic rings. The summed E-state index contributed by atoms with van der Waals surface area (Å²) in [5, 5.41) is 0.686. The van der Waals surface area contributed by atoms with Crippen LogP contribution in [-0.4, -0.2) is 9.55 Å². The largest absolute Gasteiger partial charge is 0.308 e. The maximum absolute atomic E-state index is 11.9. The Kier molecular flexibility index (Phi) is 3.84. The zero-order valence-electron chi connectivity index (χ0n) is 11.2. The van der Waals surface area contributed by atoms with Crippen LogP contribution in [0.3, 0.4) is 0 Å². The lowest BCUT2D eigenvalue weighted by atomic mass is 10.1. The van der Waals surface area contributed by atoms with Crippen LogP contribution in [0.2, 0.25) is 5.02 Å². The van der Waals surface area contributed by atoms with Crippen LogP contribution in [0, 0.1) is 0 Å². The first-order chi connectivity index (χ1) is 10.2. The van der Waals surface area contributed by atoms with Gasteiger partial charge in [-0.05, 0) is 17.7 Å². The summed E-state index contributed by atoms with van der Waals surface area (Å²) in [5.74, 6) is 0. The van der Waals surface area contributed by atoms with E-state index in [-0.39, 0.29) is 5.56 Å². The first kappa shape index (κ1) is 13.6. The number of rotatable bonds is 3. The zero-order chi connectivity index (χ0) is 14.7. The molecule has 0 unspecified atom stereocenters. The predicted molar refractivity (Wildman–Crippen MR) is 84.5 cm³/mol. The highest BCUT2D eigenvalue weighted by molar-refractivity contribution is 6.30. The van der Waals surface area contributed by atoms with E-state index in [1.807, 2.05) is 54.6 Å². The molecule has 0 N–H and O–H groups in total. The minimum atomic E-state index is -0.121. The van der Waals surface area contributed by atoms with Crippen molar-refractivity contribution < 1.29 is 0 Å². The molecule has 21 heavy (non-hydrogen) atoms. The molecule has 0 bridgehead atoms. The molecule has 0 aliphatic heterocycles. The highest BCUT2D eigenvalue weighted by Crippen LogP contribution is 2.15. The third kappa shape index (κ3) is 3.20. The van der Waals surface area contributed by atoms with Crippen LogP contribution >= 0.6 is 11.6 Å². The second-order valence-electron chi connectivity index (χ2n) is 4.73. The zero-order valence-corrected chi connectivity index (χ0v) is 12.0. The summed E-state index contributed by atoms with van der Waals surface area (Å²) in [7, 11) is 0. The molecular weight excluding hydrogens is 284 g/mol. The van der Waals surface area contributed by atoms with Crippen molar-refractivity contribution in [1.29, 1.82) is 0 Å². The van der Waals surface area contributed by atoms with E-state index in [1.165, 1.54) is 6.20 Å². The van der Waals surface area contributed by atoms with Gasteiger partial charge in [0.05, 0.1) is 18.4 Å². The molecule has 0 radical (unpaired) electrons.